The molecule has 3 nitrogen and oxygen atoms in total. The van der Waals surface area contributed by atoms with Crippen LogP contribution in [0.5, 0.6) is 5.75 Å². The summed E-state index contributed by atoms with van der Waals surface area (Å²) in [5.74, 6) is 1.02. The van der Waals surface area contributed by atoms with E-state index in [0.717, 1.165) is 24.9 Å². The van der Waals surface area contributed by atoms with Crippen LogP contribution < -0.4 is 4.74 Å². The summed E-state index contributed by atoms with van der Waals surface area (Å²) < 4.78 is 6.06. The second-order valence-corrected chi connectivity index (χ2v) is 6.87. The molecule has 1 aromatic rings. The maximum absolute atomic E-state index is 6.06. The molecule has 0 radical (unpaired) electrons. The second kappa shape index (κ2) is 6.37. The Morgan fingerprint density at radius 3 is 2.48 bits per heavy atom. The highest BCUT2D eigenvalue weighted by atomic mass is 16.5. The van der Waals surface area contributed by atoms with Crippen LogP contribution in [-0.2, 0) is 0 Å². The largest absolute Gasteiger partial charge is 0.488 e. The molecule has 0 aromatic heterocycles. The van der Waals surface area contributed by atoms with Crippen molar-refractivity contribution in [2.24, 2.45) is 0 Å². The summed E-state index contributed by atoms with van der Waals surface area (Å²) in [5, 5.41) is 0. The number of likely N-dealkylation sites (tertiary alicyclic amines) is 2. The van der Waals surface area contributed by atoms with E-state index >= 15 is 0 Å². The van der Waals surface area contributed by atoms with Crippen LogP contribution in [0.1, 0.15) is 32.3 Å². The lowest BCUT2D eigenvalue weighted by Gasteiger charge is -2.47. The number of hydrogen-bond donors (Lipinski definition) is 0. The van der Waals surface area contributed by atoms with Crippen LogP contribution in [-0.4, -0.2) is 54.2 Å². The molecule has 116 valence electrons. The minimum Gasteiger partial charge on any atom is -0.488 e. The van der Waals surface area contributed by atoms with Crippen molar-refractivity contribution in [2.45, 2.75) is 51.8 Å². The Bertz CT molecular complexity index is 460. The summed E-state index contributed by atoms with van der Waals surface area (Å²) in [6.07, 6.45) is 3.01. The summed E-state index contributed by atoms with van der Waals surface area (Å²) in [7, 11) is 0. The molecule has 1 aromatic carbocycles. The zero-order valence-electron chi connectivity index (χ0n) is 13.6. The van der Waals surface area contributed by atoms with Gasteiger partial charge in [0.25, 0.3) is 0 Å². The van der Waals surface area contributed by atoms with Gasteiger partial charge in [0, 0.05) is 25.2 Å². The Balaban J connectivity index is 1.42. The van der Waals surface area contributed by atoms with Gasteiger partial charge >= 0.3 is 0 Å². The molecule has 21 heavy (non-hydrogen) atoms. The summed E-state index contributed by atoms with van der Waals surface area (Å²) in [6.45, 7) is 11.4. The third kappa shape index (κ3) is 3.58. The van der Waals surface area contributed by atoms with Crippen molar-refractivity contribution < 1.29 is 4.74 Å². The molecule has 0 saturated carbocycles. The quantitative estimate of drug-likeness (QED) is 0.847. The fraction of sp³-hybridized carbons (Fsp3) is 0.667. The zero-order chi connectivity index (χ0) is 14.8. The van der Waals surface area contributed by atoms with Crippen LogP contribution in [0, 0.1) is 6.92 Å². The lowest BCUT2D eigenvalue weighted by molar-refractivity contribution is -0.0289. The van der Waals surface area contributed by atoms with E-state index in [4.69, 9.17) is 4.74 Å². The van der Waals surface area contributed by atoms with Crippen molar-refractivity contribution in [1.82, 2.24) is 9.80 Å². The number of benzene rings is 1. The molecule has 2 aliphatic heterocycles. The zero-order valence-corrected chi connectivity index (χ0v) is 13.6. The first kappa shape index (κ1) is 14.9. The van der Waals surface area contributed by atoms with Gasteiger partial charge in [-0.2, -0.15) is 0 Å². The van der Waals surface area contributed by atoms with Crippen LogP contribution in [0.25, 0.3) is 0 Å². The third-order valence-electron chi connectivity index (χ3n) is 4.91. The third-order valence-corrected chi connectivity index (χ3v) is 4.91. The second-order valence-electron chi connectivity index (χ2n) is 6.87. The molecule has 2 fully saturated rings. The molecule has 2 heterocycles. The predicted molar refractivity (Wildman–Crippen MR) is 86.9 cm³/mol. The van der Waals surface area contributed by atoms with Crippen LogP contribution >= 0.6 is 0 Å². The van der Waals surface area contributed by atoms with Crippen molar-refractivity contribution in [3.8, 4) is 5.75 Å². The molecule has 0 N–H and O–H groups in total. The molecule has 0 unspecified atom stereocenters. The molecule has 0 atom stereocenters. The Labute approximate surface area is 128 Å². The van der Waals surface area contributed by atoms with E-state index in [1.54, 1.807) is 0 Å². The van der Waals surface area contributed by atoms with E-state index in [0.29, 0.717) is 12.1 Å². The first-order valence-corrected chi connectivity index (χ1v) is 8.33. The van der Waals surface area contributed by atoms with Crippen molar-refractivity contribution in [2.75, 3.05) is 26.2 Å². The van der Waals surface area contributed by atoms with Crippen molar-refractivity contribution in [1.29, 1.82) is 0 Å². The van der Waals surface area contributed by atoms with Gasteiger partial charge < -0.3 is 9.64 Å². The first-order valence-electron chi connectivity index (χ1n) is 8.33. The highest BCUT2D eigenvalue weighted by molar-refractivity contribution is 5.27. The molecule has 2 aliphatic rings. The van der Waals surface area contributed by atoms with Gasteiger partial charge in [-0.05, 0) is 64.4 Å². The fourth-order valence-corrected chi connectivity index (χ4v) is 3.49. The van der Waals surface area contributed by atoms with Crippen LogP contribution in [0.2, 0.25) is 0 Å². The van der Waals surface area contributed by atoms with Gasteiger partial charge in [-0.25, -0.2) is 0 Å². The lowest BCUT2D eigenvalue weighted by Crippen LogP contribution is -2.60. The van der Waals surface area contributed by atoms with Crippen LogP contribution in [0.15, 0.2) is 24.3 Å². The van der Waals surface area contributed by atoms with Gasteiger partial charge in [0.05, 0.1) is 0 Å². The van der Waals surface area contributed by atoms with E-state index in [2.05, 4.69) is 54.8 Å². The molecule has 0 amide bonds. The smallest absolute Gasteiger partial charge is 0.124 e. The summed E-state index contributed by atoms with van der Waals surface area (Å²) >= 11 is 0. The molecule has 3 rings (SSSR count). The molecule has 2 saturated heterocycles. The highest BCUT2D eigenvalue weighted by Gasteiger charge is 2.35. The monoisotopic (exact) mass is 288 g/mol. The van der Waals surface area contributed by atoms with Gasteiger partial charge in [-0.3, -0.25) is 4.90 Å². The van der Waals surface area contributed by atoms with E-state index in [1.165, 1.54) is 31.5 Å². The molecule has 0 spiro atoms. The fourth-order valence-electron chi connectivity index (χ4n) is 3.49. The average Bonchev–Trinajstić information content (AvgIpc) is 2.42. The number of hydrogen-bond acceptors (Lipinski definition) is 3. The SMILES string of the molecule is Cc1cccc(OC2CN(C3CCN(C(C)C)CC3)C2)c1. The number of aryl methyl sites for hydroxylation is 1. The van der Waals surface area contributed by atoms with Gasteiger partial charge in [0.15, 0.2) is 0 Å². The van der Waals surface area contributed by atoms with Crippen molar-refractivity contribution in [3.05, 3.63) is 29.8 Å². The maximum Gasteiger partial charge on any atom is 0.124 e. The summed E-state index contributed by atoms with van der Waals surface area (Å²) in [5.41, 5.74) is 1.27. The Morgan fingerprint density at radius 2 is 1.86 bits per heavy atom. The minimum absolute atomic E-state index is 0.384. The predicted octanol–water partition coefficient (Wildman–Crippen LogP) is 2.93. The summed E-state index contributed by atoms with van der Waals surface area (Å²) in [4.78, 5) is 5.20. The first-order chi connectivity index (χ1) is 10.1. The molecule has 0 bridgehead atoms. The normalized spacial score (nSPS) is 22.5. The van der Waals surface area contributed by atoms with Gasteiger partial charge in [-0.1, -0.05) is 12.1 Å². The van der Waals surface area contributed by atoms with E-state index in [9.17, 15) is 0 Å². The minimum atomic E-state index is 0.384. The van der Waals surface area contributed by atoms with E-state index in [-0.39, 0.29) is 0 Å². The standard InChI is InChI=1S/C18H28N2O/c1-14(2)19-9-7-16(8-10-19)20-12-18(13-20)21-17-6-4-5-15(3)11-17/h4-6,11,14,16,18H,7-10,12-13H2,1-3H3. The lowest BCUT2D eigenvalue weighted by atomic mass is 9.98. The topological polar surface area (TPSA) is 15.7 Å². The van der Waals surface area contributed by atoms with Gasteiger partial charge in [0.2, 0.25) is 0 Å². The highest BCUT2D eigenvalue weighted by Crippen LogP contribution is 2.25. The molecular formula is C18H28N2O. The average molecular weight is 288 g/mol. The molecule has 0 aliphatic carbocycles. The molecular weight excluding hydrogens is 260 g/mol. The molecule has 3 heteroatoms. The number of nitrogens with zero attached hydrogens (tertiary/aromatic N) is 2. The van der Waals surface area contributed by atoms with Crippen molar-refractivity contribution in [3.63, 3.8) is 0 Å². The van der Waals surface area contributed by atoms with Gasteiger partial charge in [0.1, 0.15) is 11.9 Å². The maximum atomic E-state index is 6.06. The number of piperidine rings is 1. The Hall–Kier alpha value is -1.06. The van der Waals surface area contributed by atoms with Crippen LogP contribution in [0.3, 0.4) is 0 Å². The van der Waals surface area contributed by atoms with E-state index in [1.807, 2.05) is 0 Å². The van der Waals surface area contributed by atoms with Gasteiger partial charge in [-0.15, -0.1) is 0 Å². The number of ether oxygens (including phenoxy) is 1. The van der Waals surface area contributed by atoms with E-state index < -0.39 is 0 Å². The van der Waals surface area contributed by atoms with Crippen molar-refractivity contribution >= 4 is 0 Å². The van der Waals surface area contributed by atoms with Crippen LogP contribution in [0.4, 0.5) is 0 Å². The Morgan fingerprint density at radius 1 is 1.14 bits per heavy atom. The summed E-state index contributed by atoms with van der Waals surface area (Å²) in [6, 6.07) is 9.85. The Kier molecular flexibility index (Phi) is 4.51. The number of rotatable bonds is 4.